The lowest BCUT2D eigenvalue weighted by Gasteiger charge is -2.16. The fourth-order valence-corrected chi connectivity index (χ4v) is 4.55. The lowest BCUT2D eigenvalue weighted by Crippen LogP contribution is -2.41. The first-order valence-corrected chi connectivity index (χ1v) is 11.2. The predicted molar refractivity (Wildman–Crippen MR) is 123 cm³/mol. The smallest absolute Gasteiger partial charge is 0.395 e. The van der Waals surface area contributed by atoms with Crippen molar-refractivity contribution in [1.82, 2.24) is 14.7 Å². The van der Waals surface area contributed by atoms with Crippen LogP contribution in [0.15, 0.2) is 47.5 Å². The number of aromatic nitrogens is 2. The van der Waals surface area contributed by atoms with E-state index in [1.54, 1.807) is 24.3 Å². The van der Waals surface area contributed by atoms with Gasteiger partial charge in [-0.1, -0.05) is 23.7 Å². The molecule has 34 heavy (non-hydrogen) atoms. The van der Waals surface area contributed by atoms with Crippen molar-refractivity contribution in [1.29, 1.82) is 0 Å². The molecule has 2 aromatic carbocycles. The van der Waals surface area contributed by atoms with E-state index in [-0.39, 0.29) is 35.2 Å². The van der Waals surface area contributed by atoms with Gasteiger partial charge in [-0.15, -0.1) is 0 Å². The number of thioether (sulfide) groups is 1. The Hall–Kier alpha value is -2.86. The molecule has 1 aliphatic rings. The number of fused-ring (bicyclic) bond motifs is 1. The quantitative estimate of drug-likeness (QED) is 0.484. The molecule has 0 bridgehead atoms. The van der Waals surface area contributed by atoms with Crippen molar-refractivity contribution in [2.45, 2.75) is 18.8 Å². The van der Waals surface area contributed by atoms with Crippen molar-refractivity contribution >= 4 is 51.5 Å². The van der Waals surface area contributed by atoms with Gasteiger partial charge < -0.3 is 10.8 Å². The third-order valence-corrected chi connectivity index (χ3v) is 6.33. The van der Waals surface area contributed by atoms with Gasteiger partial charge in [-0.25, -0.2) is 0 Å². The number of hydrogen-bond donors (Lipinski definition) is 2. The van der Waals surface area contributed by atoms with Gasteiger partial charge in [0.15, 0.2) is 0 Å². The molecule has 12 heteroatoms. The van der Waals surface area contributed by atoms with E-state index < -0.39 is 28.9 Å². The SMILES string of the molecule is N[C@@H](CO)CN1C(=O)SC(=Cc2ccc3c(cnn3Cc3ccc(Cl)cc3C(F)(F)F)c2)C1=O. The Balaban J connectivity index is 1.59. The molecule has 178 valence electrons. The summed E-state index contributed by atoms with van der Waals surface area (Å²) < 4.78 is 41.7. The fraction of sp³-hybridized carbons (Fsp3) is 0.227. The average molecular weight is 511 g/mol. The summed E-state index contributed by atoms with van der Waals surface area (Å²) in [5.41, 5.74) is 6.05. The normalized spacial score (nSPS) is 16.8. The number of nitrogens with two attached hydrogens (primary N) is 1. The van der Waals surface area contributed by atoms with Crippen LogP contribution in [0.2, 0.25) is 5.02 Å². The van der Waals surface area contributed by atoms with Gasteiger partial charge in [-0.05, 0) is 53.2 Å². The number of rotatable bonds is 6. The first kappa shape index (κ1) is 24.3. The fourth-order valence-electron chi connectivity index (χ4n) is 3.53. The summed E-state index contributed by atoms with van der Waals surface area (Å²) in [7, 11) is 0. The molecule has 1 aliphatic heterocycles. The molecule has 3 N–H and O–H groups in total. The number of carbonyl (C=O) groups excluding carboxylic acids is 2. The summed E-state index contributed by atoms with van der Waals surface area (Å²) >= 11 is 6.52. The van der Waals surface area contributed by atoms with Crippen LogP contribution in [-0.4, -0.2) is 50.1 Å². The number of aliphatic hydroxyl groups excluding tert-OH is 1. The Kier molecular flexibility index (Phi) is 6.72. The topological polar surface area (TPSA) is 101 Å². The largest absolute Gasteiger partial charge is 0.416 e. The molecule has 2 amide bonds. The number of benzene rings is 2. The molecule has 1 aromatic heterocycles. The maximum Gasteiger partial charge on any atom is 0.416 e. The van der Waals surface area contributed by atoms with Crippen LogP contribution in [0.5, 0.6) is 0 Å². The van der Waals surface area contributed by atoms with E-state index in [4.69, 9.17) is 22.4 Å². The van der Waals surface area contributed by atoms with Gasteiger partial charge in [0.05, 0.1) is 35.3 Å². The van der Waals surface area contributed by atoms with Crippen molar-refractivity contribution in [3.8, 4) is 0 Å². The van der Waals surface area contributed by atoms with Gasteiger partial charge >= 0.3 is 6.18 Å². The van der Waals surface area contributed by atoms with Crippen LogP contribution in [0.4, 0.5) is 18.0 Å². The lowest BCUT2D eigenvalue weighted by atomic mass is 10.1. The Bertz CT molecular complexity index is 1310. The van der Waals surface area contributed by atoms with Crippen LogP contribution in [0.1, 0.15) is 16.7 Å². The summed E-state index contributed by atoms with van der Waals surface area (Å²) in [5, 5.41) is 13.5. The lowest BCUT2D eigenvalue weighted by molar-refractivity contribution is -0.138. The molecule has 2 heterocycles. The minimum atomic E-state index is -4.56. The zero-order chi connectivity index (χ0) is 24.6. The van der Waals surface area contributed by atoms with E-state index in [1.807, 2.05) is 0 Å². The molecule has 3 aromatic rings. The van der Waals surface area contributed by atoms with Gasteiger partial charge in [0.25, 0.3) is 11.1 Å². The van der Waals surface area contributed by atoms with Gasteiger partial charge in [0.2, 0.25) is 0 Å². The van der Waals surface area contributed by atoms with Crippen molar-refractivity contribution in [2.75, 3.05) is 13.2 Å². The van der Waals surface area contributed by atoms with Gasteiger partial charge in [-0.3, -0.25) is 19.2 Å². The molecule has 0 saturated carbocycles. The maximum atomic E-state index is 13.4. The Morgan fingerprint density at radius 1 is 1.21 bits per heavy atom. The van der Waals surface area contributed by atoms with E-state index in [2.05, 4.69) is 5.10 Å². The molecule has 1 saturated heterocycles. The highest BCUT2D eigenvalue weighted by Gasteiger charge is 2.36. The third kappa shape index (κ3) is 4.97. The van der Waals surface area contributed by atoms with Crippen LogP contribution in [-0.2, 0) is 17.5 Å². The number of amides is 2. The monoisotopic (exact) mass is 510 g/mol. The summed E-state index contributed by atoms with van der Waals surface area (Å²) in [5.74, 6) is -0.503. The van der Waals surface area contributed by atoms with Crippen LogP contribution >= 0.6 is 23.4 Å². The minimum Gasteiger partial charge on any atom is -0.395 e. The van der Waals surface area contributed by atoms with E-state index in [0.717, 1.165) is 22.7 Å². The summed E-state index contributed by atoms with van der Waals surface area (Å²) in [6.45, 7) is -0.560. The Morgan fingerprint density at radius 2 is 1.97 bits per heavy atom. The number of nitrogens with zero attached hydrogens (tertiary/aromatic N) is 3. The Labute approximate surface area is 201 Å². The molecule has 1 atom stereocenters. The molecule has 0 radical (unpaired) electrons. The number of imide groups is 1. The predicted octanol–water partition coefficient (Wildman–Crippen LogP) is 4.11. The second kappa shape index (κ2) is 9.41. The van der Waals surface area contributed by atoms with Crippen molar-refractivity contribution in [3.63, 3.8) is 0 Å². The van der Waals surface area contributed by atoms with E-state index >= 15 is 0 Å². The molecule has 7 nitrogen and oxygen atoms in total. The molecule has 1 fully saturated rings. The number of hydrogen-bond acceptors (Lipinski definition) is 6. The van der Waals surface area contributed by atoms with Crippen LogP contribution in [0.3, 0.4) is 0 Å². The first-order valence-electron chi connectivity index (χ1n) is 10.00. The molecule has 0 aliphatic carbocycles. The highest BCUT2D eigenvalue weighted by atomic mass is 35.5. The standard InChI is InChI=1S/C22H18ClF3N4O3S/c23-15-3-2-13(17(7-15)22(24,25)26)9-30-18-4-1-12(5-14(18)8-28-30)6-19-20(32)29(21(33)34-19)10-16(27)11-31/h1-8,16,31H,9-11,27H2/t16-/m1/s1. The van der Waals surface area contributed by atoms with E-state index in [9.17, 15) is 22.8 Å². The van der Waals surface area contributed by atoms with Gasteiger partial charge in [0, 0.05) is 23.0 Å². The van der Waals surface area contributed by atoms with Crippen LogP contribution in [0, 0.1) is 0 Å². The highest BCUT2D eigenvalue weighted by molar-refractivity contribution is 8.18. The maximum absolute atomic E-state index is 13.4. The molecule has 4 rings (SSSR count). The number of alkyl halides is 3. The average Bonchev–Trinajstić information content (AvgIpc) is 3.29. The first-order chi connectivity index (χ1) is 16.1. The van der Waals surface area contributed by atoms with Crippen LogP contribution in [0.25, 0.3) is 17.0 Å². The molecular weight excluding hydrogens is 493 g/mol. The van der Waals surface area contributed by atoms with Gasteiger partial charge in [-0.2, -0.15) is 18.3 Å². The highest BCUT2D eigenvalue weighted by Crippen LogP contribution is 2.35. The van der Waals surface area contributed by atoms with E-state index in [1.165, 1.54) is 23.0 Å². The summed E-state index contributed by atoms with van der Waals surface area (Å²) in [6.07, 6.45) is -1.49. The zero-order valence-corrected chi connectivity index (χ0v) is 19.0. The second-order valence-electron chi connectivity index (χ2n) is 7.65. The van der Waals surface area contributed by atoms with Crippen LogP contribution < -0.4 is 5.73 Å². The number of carbonyl (C=O) groups is 2. The zero-order valence-electron chi connectivity index (χ0n) is 17.4. The molecular formula is C22H18ClF3N4O3S. The molecule has 0 unspecified atom stereocenters. The summed E-state index contributed by atoms with van der Waals surface area (Å²) in [6, 6.07) is 7.97. The number of halogens is 4. The second-order valence-corrected chi connectivity index (χ2v) is 9.08. The third-order valence-electron chi connectivity index (χ3n) is 5.19. The van der Waals surface area contributed by atoms with Crippen molar-refractivity contribution in [3.05, 3.63) is 69.2 Å². The van der Waals surface area contributed by atoms with Crippen molar-refractivity contribution in [2.24, 2.45) is 5.73 Å². The van der Waals surface area contributed by atoms with Crippen molar-refractivity contribution < 1.29 is 27.9 Å². The Morgan fingerprint density at radius 3 is 2.68 bits per heavy atom. The number of aliphatic hydroxyl groups is 1. The van der Waals surface area contributed by atoms with E-state index in [0.29, 0.717) is 16.5 Å². The molecule has 0 spiro atoms. The minimum absolute atomic E-state index is 0.00574. The van der Waals surface area contributed by atoms with Gasteiger partial charge in [0.1, 0.15) is 0 Å². The summed E-state index contributed by atoms with van der Waals surface area (Å²) in [4.78, 5) is 25.9.